The minimum absolute atomic E-state index is 0.153. The molecular formula is C24H32FN5OS. The summed E-state index contributed by atoms with van der Waals surface area (Å²) in [5, 5.41) is 7.02. The molecule has 0 bridgehead atoms. The number of anilines is 2. The summed E-state index contributed by atoms with van der Waals surface area (Å²) in [6.45, 7) is 8.29. The highest BCUT2D eigenvalue weighted by molar-refractivity contribution is 7.80. The van der Waals surface area contributed by atoms with Crippen molar-refractivity contribution in [3.05, 3.63) is 47.4 Å². The summed E-state index contributed by atoms with van der Waals surface area (Å²) in [4.78, 5) is 11.6. The number of benzene rings is 1. The average molecular weight is 458 g/mol. The van der Waals surface area contributed by atoms with E-state index < -0.39 is 0 Å². The molecule has 0 radical (unpaired) electrons. The van der Waals surface area contributed by atoms with E-state index in [0.29, 0.717) is 36.7 Å². The highest BCUT2D eigenvalue weighted by Crippen LogP contribution is 2.34. The molecule has 0 amide bonds. The molecule has 2 fully saturated rings. The van der Waals surface area contributed by atoms with Crippen LogP contribution in [0.2, 0.25) is 0 Å². The van der Waals surface area contributed by atoms with Gasteiger partial charge in [0.25, 0.3) is 0 Å². The van der Waals surface area contributed by atoms with Crippen LogP contribution >= 0.6 is 12.2 Å². The smallest absolute Gasteiger partial charge is 0.231 e. The lowest BCUT2D eigenvalue weighted by molar-refractivity contribution is 0.0515. The van der Waals surface area contributed by atoms with Gasteiger partial charge in [0.15, 0.2) is 5.11 Å². The Morgan fingerprint density at radius 3 is 2.72 bits per heavy atom. The van der Waals surface area contributed by atoms with Gasteiger partial charge in [0.05, 0.1) is 0 Å². The fourth-order valence-electron chi connectivity index (χ4n) is 4.70. The quantitative estimate of drug-likeness (QED) is 0.653. The molecule has 1 aromatic carbocycles. The Labute approximate surface area is 195 Å². The van der Waals surface area contributed by atoms with Crippen LogP contribution in [0.4, 0.5) is 16.2 Å². The number of hydrogen-bond acceptors (Lipinski definition) is 5. The first-order chi connectivity index (χ1) is 15.4. The molecule has 2 saturated heterocycles. The summed E-state index contributed by atoms with van der Waals surface area (Å²) < 4.78 is 19.1. The lowest BCUT2D eigenvalue weighted by atomic mass is 9.74. The fourth-order valence-corrected chi connectivity index (χ4v) is 4.86. The molecule has 8 heteroatoms. The second kappa shape index (κ2) is 10.1. The van der Waals surface area contributed by atoms with Crippen LogP contribution in [0.5, 0.6) is 0 Å². The molecule has 2 N–H and O–H groups in total. The normalized spacial score (nSPS) is 20.6. The molecule has 3 heterocycles. The van der Waals surface area contributed by atoms with Crippen LogP contribution in [0, 0.1) is 18.7 Å². The molecule has 2 aliphatic rings. The average Bonchev–Trinajstić information content (AvgIpc) is 2.78. The van der Waals surface area contributed by atoms with Crippen molar-refractivity contribution in [2.75, 3.05) is 43.1 Å². The van der Waals surface area contributed by atoms with E-state index in [-0.39, 0.29) is 11.2 Å². The number of aryl methyl sites for hydroxylation is 1. The molecule has 1 atom stereocenters. The van der Waals surface area contributed by atoms with Crippen LogP contribution in [0.25, 0.3) is 0 Å². The monoisotopic (exact) mass is 457 g/mol. The van der Waals surface area contributed by atoms with E-state index in [9.17, 15) is 4.39 Å². The third-order valence-corrected chi connectivity index (χ3v) is 6.79. The summed E-state index contributed by atoms with van der Waals surface area (Å²) in [5.41, 5.74) is 1.86. The summed E-state index contributed by atoms with van der Waals surface area (Å²) in [5.74, 6) is 1.90. The Kier molecular flexibility index (Phi) is 7.20. The topological polar surface area (TPSA) is 62.3 Å². The number of nitrogens with zero attached hydrogens (tertiary/aromatic N) is 3. The van der Waals surface area contributed by atoms with E-state index in [1.807, 2.05) is 25.1 Å². The number of rotatable bonds is 5. The van der Waals surface area contributed by atoms with Crippen molar-refractivity contribution in [3.63, 3.8) is 0 Å². The van der Waals surface area contributed by atoms with Gasteiger partial charge in [-0.05, 0) is 68.4 Å². The van der Waals surface area contributed by atoms with Crippen molar-refractivity contribution in [1.29, 1.82) is 0 Å². The molecule has 0 aliphatic carbocycles. The van der Waals surface area contributed by atoms with Crippen LogP contribution in [-0.2, 0) is 10.2 Å². The van der Waals surface area contributed by atoms with Gasteiger partial charge in [-0.2, -0.15) is 4.98 Å². The zero-order chi connectivity index (χ0) is 22.6. The Morgan fingerprint density at radius 1 is 1.25 bits per heavy atom. The van der Waals surface area contributed by atoms with E-state index in [1.54, 1.807) is 0 Å². The van der Waals surface area contributed by atoms with E-state index >= 15 is 0 Å². The lowest BCUT2D eigenvalue weighted by Crippen LogP contribution is -2.45. The third-order valence-electron chi connectivity index (χ3n) is 6.54. The largest absolute Gasteiger partial charge is 0.381 e. The van der Waals surface area contributed by atoms with E-state index in [0.717, 1.165) is 43.0 Å². The minimum atomic E-state index is -0.225. The zero-order valence-corrected chi connectivity index (χ0v) is 19.7. The molecular weight excluding hydrogens is 425 g/mol. The van der Waals surface area contributed by atoms with Gasteiger partial charge < -0.3 is 20.3 Å². The van der Waals surface area contributed by atoms with Crippen LogP contribution in [0.3, 0.4) is 0 Å². The van der Waals surface area contributed by atoms with Crippen molar-refractivity contribution in [2.24, 2.45) is 5.92 Å². The van der Waals surface area contributed by atoms with Gasteiger partial charge in [0.2, 0.25) is 5.95 Å². The second-order valence-corrected chi connectivity index (χ2v) is 9.50. The minimum Gasteiger partial charge on any atom is -0.381 e. The molecule has 32 heavy (non-hydrogen) atoms. The highest BCUT2D eigenvalue weighted by Gasteiger charge is 2.34. The maximum absolute atomic E-state index is 13.5. The molecule has 1 aromatic heterocycles. The Hall–Kier alpha value is -2.32. The summed E-state index contributed by atoms with van der Waals surface area (Å²) in [6, 6.07) is 8.81. The number of aromatic nitrogens is 2. The molecule has 0 unspecified atom stereocenters. The first-order valence-electron chi connectivity index (χ1n) is 11.4. The van der Waals surface area contributed by atoms with Gasteiger partial charge in [0.1, 0.15) is 11.6 Å². The van der Waals surface area contributed by atoms with Crippen LogP contribution in [0.15, 0.2) is 30.3 Å². The van der Waals surface area contributed by atoms with E-state index in [2.05, 4.69) is 27.4 Å². The van der Waals surface area contributed by atoms with Crippen LogP contribution in [-0.4, -0.2) is 47.9 Å². The van der Waals surface area contributed by atoms with E-state index in [1.165, 1.54) is 25.0 Å². The second-order valence-electron chi connectivity index (χ2n) is 9.09. The molecule has 0 spiro atoms. The first-order valence-corrected chi connectivity index (χ1v) is 11.8. The molecule has 2 aromatic rings. The fraction of sp³-hybridized carbons (Fsp3) is 0.542. The van der Waals surface area contributed by atoms with Gasteiger partial charge in [-0.1, -0.05) is 19.1 Å². The van der Waals surface area contributed by atoms with Crippen molar-refractivity contribution in [1.82, 2.24) is 15.3 Å². The first kappa shape index (κ1) is 22.9. The zero-order valence-electron chi connectivity index (χ0n) is 18.9. The summed E-state index contributed by atoms with van der Waals surface area (Å²) in [6.07, 6.45) is 4.15. The van der Waals surface area contributed by atoms with Gasteiger partial charge in [0, 0.05) is 50.0 Å². The summed E-state index contributed by atoms with van der Waals surface area (Å²) >= 11 is 5.58. The van der Waals surface area contributed by atoms with Crippen molar-refractivity contribution in [3.8, 4) is 0 Å². The predicted molar refractivity (Wildman–Crippen MR) is 130 cm³/mol. The molecule has 4 rings (SSSR count). The van der Waals surface area contributed by atoms with Crippen molar-refractivity contribution >= 4 is 29.1 Å². The molecule has 0 saturated carbocycles. The lowest BCUT2D eigenvalue weighted by Gasteiger charge is -2.38. The van der Waals surface area contributed by atoms with Gasteiger partial charge in [-0.15, -0.1) is 0 Å². The number of thiocarbonyl (C=S) groups is 1. The highest BCUT2D eigenvalue weighted by atomic mass is 32.1. The third kappa shape index (κ3) is 5.53. The number of piperidine rings is 1. The van der Waals surface area contributed by atoms with Gasteiger partial charge in [-0.25, -0.2) is 9.37 Å². The summed E-state index contributed by atoms with van der Waals surface area (Å²) in [7, 11) is 0. The molecule has 2 aliphatic heterocycles. The number of nitrogens with one attached hydrogen (secondary N) is 2. The number of halogens is 1. The Balaban J connectivity index is 1.43. The van der Waals surface area contributed by atoms with Crippen LogP contribution in [0.1, 0.15) is 43.9 Å². The Bertz CT molecular complexity index is 932. The molecule has 172 valence electrons. The number of hydrogen-bond donors (Lipinski definition) is 2. The van der Waals surface area contributed by atoms with Gasteiger partial charge in [-0.3, -0.25) is 0 Å². The maximum atomic E-state index is 13.5. The van der Waals surface area contributed by atoms with Crippen molar-refractivity contribution < 1.29 is 9.13 Å². The maximum Gasteiger partial charge on any atom is 0.231 e. The SMILES string of the molecule is Cc1cc(N2CCC[C@H](C)C2)nc(NC(=S)NCC2(c3ccc(F)cc3)CCOCC2)n1. The molecule has 6 nitrogen and oxygen atoms in total. The Morgan fingerprint density at radius 2 is 2.00 bits per heavy atom. The van der Waals surface area contributed by atoms with E-state index in [4.69, 9.17) is 21.9 Å². The standard InChI is InChI=1S/C24H32FN5OS/c1-17-4-3-11-30(15-17)21-14-18(2)27-22(28-21)29-23(32)26-16-24(9-12-31-13-10-24)19-5-7-20(25)8-6-19/h5-8,14,17H,3-4,9-13,15-16H2,1-2H3,(H2,26,27,28,29,32)/t17-/m0/s1. The number of ether oxygens (including phenoxy) is 1. The van der Waals surface area contributed by atoms with Gasteiger partial charge >= 0.3 is 0 Å². The van der Waals surface area contributed by atoms with Crippen molar-refractivity contribution in [2.45, 2.75) is 44.9 Å². The predicted octanol–water partition coefficient (Wildman–Crippen LogP) is 4.20. The van der Waals surface area contributed by atoms with Crippen LogP contribution < -0.4 is 15.5 Å².